The van der Waals surface area contributed by atoms with Crippen molar-refractivity contribution in [2.24, 2.45) is 5.16 Å². The molecular weight excluding hydrogens is 234 g/mol. The third-order valence-corrected chi connectivity index (χ3v) is 3.20. The monoisotopic (exact) mass is 249 g/mol. The second-order valence-corrected chi connectivity index (χ2v) is 4.38. The van der Waals surface area contributed by atoms with Gasteiger partial charge in [0.15, 0.2) is 0 Å². The van der Waals surface area contributed by atoms with Crippen LogP contribution < -0.4 is 0 Å². The molecule has 19 heavy (non-hydrogen) atoms. The van der Waals surface area contributed by atoms with Crippen LogP contribution in [-0.4, -0.2) is 12.8 Å². The Morgan fingerprint density at radius 1 is 0.947 bits per heavy atom. The average molecular weight is 249 g/mol. The van der Waals surface area contributed by atoms with Crippen LogP contribution in [0.25, 0.3) is 21.5 Å². The highest BCUT2D eigenvalue weighted by Gasteiger charge is 2.05. The van der Waals surface area contributed by atoms with Gasteiger partial charge in [-0.1, -0.05) is 53.7 Å². The lowest BCUT2D eigenvalue weighted by atomic mass is 9.97. The summed E-state index contributed by atoms with van der Waals surface area (Å²) in [5, 5.41) is 8.88. The highest BCUT2D eigenvalue weighted by Crippen LogP contribution is 2.27. The van der Waals surface area contributed by atoms with Gasteiger partial charge in [0.05, 0.1) is 6.21 Å². The summed E-state index contributed by atoms with van der Waals surface area (Å²) in [5.41, 5.74) is 1.11. The first-order valence-corrected chi connectivity index (χ1v) is 6.46. The molecule has 2 nitrogen and oxygen atoms in total. The van der Waals surface area contributed by atoms with E-state index in [1.165, 1.54) is 21.5 Å². The zero-order chi connectivity index (χ0) is 13.1. The van der Waals surface area contributed by atoms with Crippen LogP contribution in [0.15, 0.2) is 59.8 Å². The molecule has 3 aromatic carbocycles. The summed E-state index contributed by atoms with van der Waals surface area (Å²) in [7, 11) is 0. The third kappa shape index (κ3) is 2.17. The van der Waals surface area contributed by atoms with Gasteiger partial charge in [-0.05, 0) is 34.5 Å². The van der Waals surface area contributed by atoms with E-state index in [4.69, 9.17) is 4.84 Å². The Balaban J connectivity index is 2.33. The van der Waals surface area contributed by atoms with Crippen molar-refractivity contribution < 1.29 is 4.84 Å². The zero-order valence-electron chi connectivity index (χ0n) is 10.8. The molecule has 0 spiro atoms. The third-order valence-electron chi connectivity index (χ3n) is 3.20. The smallest absolute Gasteiger partial charge is 0.114 e. The molecule has 0 aliphatic carbocycles. The molecule has 0 bridgehead atoms. The lowest BCUT2D eigenvalue weighted by molar-refractivity contribution is 0.160. The molecule has 0 N–H and O–H groups in total. The summed E-state index contributed by atoms with van der Waals surface area (Å²) >= 11 is 0. The SMILES string of the molecule is CCO/N=C/c1c2ccccc2cc2ccccc12. The first-order chi connectivity index (χ1) is 9.40. The first-order valence-electron chi connectivity index (χ1n) is 6.46. The number of benzene rings is 3. The van der Waals surface area contributed by atoms with Crippen molar-refractivity contribution in [3.8, 4) is 0 Å². The summed E-state index contributed by atoms with van der Waals surface area (Å²) in [6, 6.07) is 18.9. The van der Waals surface area contributed by atoms with E-state index in [-0.39, 0.29) is 0 Å². The minimum Gasteiger partial charge on any atom is -0.396 e. The molecule has 0 saturated heterocycles. The Hall–Kier alpha value is -2.35. The molecule has 0 fully saturated rings. The topological polar surface area (TPSA) is 21.6 Å². The van der Waals surface area contributed by atoms with Crippen LogP contribution in [0.2, 0.25) is 0 Å². The van der Waals surface area contributed by atoms with E-state index in [0.717, 1.165) is 5.56 Å². The fraction of sp³-hybridized carbons (Fsp3) is 0.118. The standard InChI is InChI=1S/C17H15NO/c1-2-19-18-12-17-15-9-5-3-7-13(15)11-14-8-4-6-10-16(14)17/h3-12H,2H2,1H3/b18-12+. The molecule has 0 aromatic heterocycles. The van der Waals surface area contributed by atoms with Crippen LogP contribution in [0.5, 0.6) is 0 Å². The molecular formula is C17H15NO. The predicted molar refractivity (Wildman–Crippen MR) is 80.7 cm³/mol. The van der Waals surface area contributed by atoms with E-state index in [2.05, 4.69) is 59.8 Å². The second kappa shape index (κ2) is 5.11. The lowest BCUT2D eigenvalue weighted by Crippen LogP contribution is -1.89. The van der Waals surface area contributed by atoms with Crippen molar-refractivity contribution in [3.63, 3.8) is 0 Å². The highest BCUT2D eigenvalue weighted by atomic mass is 16.6. The minimum absolute atomic E-state index is 0.583. The van der Waals surface area contributed by atoms with Gasteiger partial charge >= 0.3 is 0 Å². The highest BCUT2D eigenvalue weighted by molar-refractivity contribution is 6.13. The van der Waals surface area contributed by atoms with Crippen molar-refractivity contribution >= 4 is 27.8 Å². The molecule has 0 atom stereocenters. The van der Waals surface area contributed by atoms with Crippen LogP contribution in [0.4, 0.5) is 0 Å². The van der Waals surface area contributed by atoms with Crippen LogP contribution in [-0.2, 0) is 4.84 Å². The number of rotatable bonds is 3. The molecule has 3 aromatic rings. The zero-order valence-corrected chi connectivity index (χ0v) is 10.8. The van der Waals surface area contributed by atoms with Gasteiger partial charge in [-0.25, -0.2) is 0 Å². The summed E-state index contributed by atoms with van der Waals surface area (Å²) in [6.07, 6.45) is 1.81. The van der Waals surface area contributed by atoms with Gasteiger partial charge in [0.1, 0.15) is 6.61 Å². The van der Waals surface area contributed by atoms with E-state index in [0.29, 0.717) is 6.61 Å². The van der Waals surface area contributed by atoms with Crippen LogP contribution in [0.3, 0.4) is 0 Å². The predicted octanol–water partition coefficient (Wildman–Crippen LogP) is 4.36. The van der Waals surface area contributed by atoms with Crippen LogP contribution in [0.1, 0.15) is 12.5 Å². The van der Waals surface area contributed by atoms with E-state index in [9.17, 15) is 0 Å². The fourth-order valence-corrected chi connectivity index (χ4v) is 2.35. The largest absolute Gasteiger partial charge is 0.396 e. The van der Waals surface area contributed by atoms with Crippen molar-refractivity contribution in [3.05, 3.63) is 60.2 Å². The summed E-state index contributed by atoms with van der Waals surface area (Å²) in [5.74, 6) is 0. The summed E-state index contributed by atoms with van der Waals surface area (Å²) < 4.78 is 0. The van der Waals surface area contributed by atoms with Crippen molar-refractivity contribution in [2.45, 2.75) is 6.92 Å². The molecule has 3 rings (SSSR count). The van der Waals surface area contributed by atoms with Gasteiger partial charge in [-0.2, -0.15) is 0 Å². The Morgan fingerprint density at radius 3 is 2.11 bits per heavy atom. The molecule has 94 valence electrons. The Morgan fingerprint density at radius 2 is 1.53 bits per heavy atom. The normalized spacial score (nSPS) is 11.4. The molecule has 0 aliphatic rings. The second-order valence-electron chi connectivity index (χ2n) is 4.38. The number of hydrogen-bond donors (Lipinski definition) is 0. The maximum atomic E-state index is 5.10. The lowest BCUT2D eigenvalue weighted by Gasteiger charge is -2.07. The van der Waals surface area contributed by atoms with Gasteiger partial charge in [0.2, 0.25) is 0 Å². The molecule has 2 heteroatoms. The molecule has 0 aliphatic heterocycles. The Labute approximate surface area is 112 Å². The number of nitrogens with zero attached hydrogens (tertiary/aromatic N) is 1. The first kappa shape index (κ1) is 11.7. The maximum absolute atomic E-state index is 5.10. The van der Waals surface area contributed by atoms with E-state index in [1.807, 2.05) is 13.1 Å². The van der Waals surface area contributed by atoms with Gasteiger partial charge in [0.25, 0.3) is 0 Å². The van der Waals surface area contributed by atoms with Crippen LogP contribution >= 0.6 is 0 Å². The maximum Gasteiger partial charge on any atom is 0.114 e. The van der Waals surface area contributed by atoms with Crippen molar-refractivity contribution in [1.29, 1.82) is 0 Å². The average Bonchev–Trinajstić information content (AvgIpc) is 2.46. The fourth-order valence-electron chi connectivity index (χ4n) is 2.35. The van der Waals surface area contributed by atoms with Gasteiger partial charge < -0.3 is 4.84 Å². The van der Waals surface area contributed by atoms with Crippen LogP contribution in [0, 0.1) is 0 Å². The molecule has 0 heterocycles. The molecule has 0 radical (unpaired) electrons. The van der Waals surface area contributed by atoms with Gasteiger partial charge in [-0.3, -0.25) is 0 Å². The summed E-state index contributed by atoms with van der Waals surface area (Å²) in [4.78, 5) is 5.10. The van der Waals surface area contributed by atoms with E-state index in [1.54, 1.807) is 0 Å². The Bertz CT molecular complexity index is 692. The molecule has 0 amide bonds. The molecule has 0 unspecified atom stereocenters. The minimum atomic E-state index is 0.583. The van der Waals surface area contributed by atoms with Crippen molar-refractivity contribution in [2.75, 3.05) is 6.61 Å². The van der Waals surface area contributed by atoms with Gasteiger partial charge in [0, 0.05) is 5.56 Å². The number of hydrogen-bond acceptors (Lipinski definition) is 2. The Kier molecular flexibility index (Phi) is 3.15. The van der Waals surface area contributed by atoms with Crippen molar-refractivity contribution in [1.82, 2.24) is 0 Å². The number of fused-ring (bicyclic) bond motifs is 2. The number of oxime groups is 1. The summed E-state index contributed by atoms with van der Waals surface area (Å²) in [6.45, 7) is 2.51. The molecule has 0 saturated carbocycles. The van der Waals surface area contributed by atoms with Gasteiger partial charge in [-0.15, -0.1) is 0 Å². The quantitative estimate of drug-likeness (QED) is 0.384. The van der Waals surface area contributed by atoms with E-state index >= 15 is 0 Å². The van der Waals surface area contributed by atoms with E-state index < -0.39 is 0 Å².